The summed E-state index contributed by atoms with van der Waals surface area (Å²) in [4.78, 5) is 29.4. The molecule has 3 aromatic rings. The quantitative estimate of drug-likeness (QED) is 0.448. The van der Waals surface area contributed by atoms with E-state index in [1.54, 1.807) is 29.7 Å². The van der Waals surface area contributed by atoms with Crippen molar-refractivity contribution < 1.29 is 23.8 Å². The molecule has 0 atom stereocenters. The van der Waals surface area contributed by atoms with Gasteiger partial charge in [0, 0.05) is 6.08 Å². The lowest BCUT2D eigenvalue weighted by Crippen LogP contribution is -2.22. The topological polar surface area (TPSA) is 79.1 Å². The summed E-state index contributed by atoms with van der Waals surface area (Å²) >= 11 is 1.37. The maximum atomic E-state index is 12.6. The highest BCUT2D eigenvalue weighted by Crippen LogP contribution is 2.32. The summed E-state index contributed by atoms with van der Waals surface area (Å²) in [5, 5.41) is 0. The molecule has 0 radical (unpaired) electrons. The van der Waals surface area contributed by atoms with Crippen LogP contribution >= 0.6 is 11.3 Å². The van der Waals surface area contributed by atoms with Crippen LogP contribution in [0.1, 0.15) is 23.6 Å². The van der Waals surface area contributed by atoms with Crippen molar-refractivity contribution in [3.63, 3.8) is 0 Å². The van der Waals surface area contributed by atoms with Gasteiger partial charge in [-0.2, -0.15) is 4.99 Å². The van der Waals surface area contributed by atoms with Gasteiger partial charge in [0.25, 0.3) is 5.91 Å². The number of hydrogen-bond donors (Lipinski definition) is 0. The number of aromatic nitrogens is 1. The summed E-state index contributed by atoms with van der Waals surface area (Å²) in [7, 11) is 0. The summed E-state index contributed by atoms with van der Waals surface area (Å²) in [6, 6.07) is 9.49. The third-order valence-corrected chi connectivity index (χ3v) is 5.95. The van der Waals surface area contributed by atoms with Crippen LogP contribution in [0.4, 0.5) is 0 Å². The average Bonchev–Trinajstić information content (AvgIpc) is 3.32. The van der Waals surface area contributed by atoms with Gasteiger partial charge < -0.3 is 18.8 Å². The molecule has 2 aromatic carbocycles. The molecule has 160 valence electrons. The highest BCUT2D eigenvalue weighted by Gasteiger charge is 2.14. The van der Waals surface area contributed by atoms with Crippen LogP contribution in [0.25, 0.3) is 16.3 Å². The Morgan fingerprint density at radius 2 is 1.94 bits per heavy atom. The fourth-order valence-electron chi connectivity index (χ4n) is 3.21. The van der Waals surface area contributed by atoms with E-state index in [2.05, 4.69) is 4.99 Å². The first-order valence-electron chi connectivity index (χ1n) is 9.87. The van der Waals surface area contributed by atoms with E-state index in [-0.39, 0.29) is 19.3 Å². The van der Waals surface area contributed by atoms with Crippen LogP contribution in [-0.4, -0.2) is 29.8 Å². The van der Waals surface area contributed by atoms with E-state index in [4.69, 9.17) is 14.2 Å². The van der Waals surface area contributed by atoms with Crippen LogP contribution in [0.15, 0.2) is 41.4 Å². The molecular formula is C23H22N2O5S. The van der Waals surface area contributed by atoms with Crippen LogP contribution < -0.4 is 14.3 Å². The number of amides is 1. The minimum atomic E-state index is -0.421. The van der Waals surface area contributed by atoms with E-state index in [1.165, 1.54) is 17.4 Å². The molecular weight excluding hydrogens is 416 g/mol. The molecule has 8 heteroatoms. The van der Waals surface area contributed by atoms with Gasteiger partial charge in [0.1, 0.15) is 6.54 Å². The third kappa shape index (κ3) is 4.54. The minimum Gasteiger partial charge on any atom is -0.465 e. The number of aryl methyl sites for hydroxylation is 2. The lowest BCUT2D eigenvalue weighted by molar-refractivity contribution is -0.143. The number of hydrogen-bond acceptors (Lipinski definition) is 6. The van der Waals surface area contributed by atoms with Crippen molar-refractivity contribution in [2.75, 3.05) is 13.4 Å². The maximum absolute atomic E-state index is 12.6. The number of fused-ring (bicyclic) bond motifs is 2. The lowest BCUT2D eigenvalue weighted by atomic mass is 10.1. The predicted molar refractivity (Wildman–Crippen MR) is 118 cm³/mol. The molecule has 1 aliphatic rings. The molecule has 7 nitrogen and oxygen atoms in total. The van der Waals surface area contributed by atoms with Crippen molar-refractivity contribution in [1.82, 2.24) is 4.57 Å². The second-order valence-electron chi connectivity index (χ2n) is 7.08. The van der Waals surface area contributed by atoms with Crippen molar-refractivity contribution in [3.05, 3.63) is 57.9 Å². The molecule has 31 heavy (non-hydrogen) atoms. The summed E-state index contributed by atoms with van der Waals surface area (Å²) in [6.07, 6.45) is 3.07. The number of esters is 1. The summed E-state index contributed by atoms with van der Waals surface area (Å²) in [5.74, 6) is 0.540. The first kappa shape index (κ1) is 20.9. The molecule has 0 saturated carbocycles. The normalized spacial score (nSPS) is 13.3. The number of nitrogens with zero attached hydrogens (tertiary/aromatic N) is 2. The molecule has 4 rings (SSSR count). The average molecular weight is 439 g/mol. The van der Waals surface area contributed by atoms with Gasteiger partial charge in [0.2, 0.25) is 6.79 Å². The van der Waals surface area contributed by atoms with Gasteiger partial charge in [-0.3, -0.25) is 9.59 Å². The highest BCUT2D eigenvalue weighted by molar-refractivity contribution is 7.16. The monoisotopic (exact) mass is 438 g/mol. The summed E-state index contributed by atoms with van der Waals surface area (Å²) < 4.78 is 18.4. The molecule has 0 N–H and O–H groups in total. The van der Waals surface area contributed by atoms with E-state index in [0.29, 0.717) is 22.9 Å². The zero-order chi connectivity index (χ0) is 22.0. The zero-order valence-corrected chi connectivity index (χ0v) is 18.3. The number of carbonyl (C=O) groups excluding carboxylic acids is 2. The molecule has 0 spiro atoms. The first-order valence-corrected chi connectivity index (χ1v) is 10.7. The fourth-order valence-corrected chi connectivity index (χ4v) is 4.33. The number of carbonyl (C=O) groups is 2. The summed E-state index contributed by atoms with van der Waals surface area (Å²) in [6.45, 7) is 6.29. The number of ether oxygens (including phenoxy) is 3. The highest BCUT2D eigenvalue weighted by atomic mass is 32.1. The van der Waals surface area contributed by atoms with Gasteiger partial charge in [0.15, 0.2) is 16.3 Å². The largest absolute Gasteiger partial charge is 0.465 e. The Labute approximate surface area is 183 Å². The number of thiazole rings is 1. The number of rotatable bonds is 5. The van der Waals surface area contributed by atoms with Gasteiger partial charge in [-0.1, -0.05) is 17.4 Å². The van der Waals surface area contributed by atoms with Gasteiger partial charge in [-0.25, -0.2) is 0 Å². The second-order valence-corrected chi connectivity index (χ2v) is 8.09. The van der Waals surface area contributed by atoms with Crippen LogP contribution in [0.3, 0.4) is 0 Å². The molecule has 1 amide bonds. The van der Waals surface area contributed by atoms with Gasteiger partial charge >= 0.3 is 5.97 Å². The second kappa shape index (κ2) is 8.77. The van der Waals surface area contributed by atoms with Gasteiger partial charge in [0.05, 0.1) is 16.8 Å². The lowest BCUT2D eigenvalue weighted by Gasteiger charge is -2.06. The van der Waals surface area contributed by atoms with Crippen molar-refractivity contribution in [3.8, 4) is 11.5 Å². The first-order chi connectivity index (χ1) is 14.9. The van der Waals surface area contributed by atoms with Crippen molar-refractivity contribution >= 4 is 39.5 Å². The molecule has 1 aliphatic heterocycles. The molecule has 0 saturated heterocycles. The Hall–Kier alpha value is -3.39. The van der Waals surface area contributed by atoms with Crippen molar-refractivity contribution in [1.29, 1.82) is 0 Å². The Kier molecular flexibility index (Phi) is 5.90. The molecule has 2 heterocycles. The Morgan fingerprint density at radius 1 is 1.16 bits per heavy atom. The molecule has 0 unspecified atom stereocenters. The molecule has 1 aromatic heterocycles. The van der Waals surface area contributed by atoms with E-state index >= 15 is 0 Å². The fraction of sp³-hybridized carbons (Fsp3) is 0.261. The maximum Gasteiger partial charge on any atom is 0.326 e. The third-order valence-electron chi connectivity index (χ3n) is 4.91. The summed E-state index contributed by atoms with van der Waals surface area (Å²) in [5.41, 5.74) is 3.89. The van der Waals surface area contributed by atoms with Crippen molar-refractivity contribution in [2.24, 2.45) is 4.99 Å². The Morgan fingerprint density at radius 3 is 2.74 bits per heavy atom. The smallest absolute Gasteiger partial charge is 0.326 e. The Bertz CT molecular complexity index is 1270. The van der Waals surface area contributed by atoms with E-state index in [0.717, 1.165) is 26.9 Å². The molecule has 0 fully saturated rings. The van der Waals surface area contributed by atoms with E-state index in [1.807, 2.05) is 32.0 Å². The van der Waals surface area contributed by atoms with Crippen LogP contribution in [-0.2, 0) is 20.9 Å². The van der Waals surface area contributed by atoms with Gasteiger partial charge in [-0.15, -0.1) is 0 Å². The van der Waals surface area contributed by atoms with Crippen molar-refractivity contribution in [2.45, 2.75) is 27.3 Å². The molecule has 0 aliphatic carbocycles. The zero-order valence-electron chi connectivity index (χ0n) is 17.5. The van der Waals surface area contributed by atoms with Gasteiger partial charge in [-0.05, 0) is 67.8 Å². The van der Waals surface area contributed by atoms with Crippen LogP contribution in [0, 0.1) is 13.8 Å². The minimum absolute atomic E-state index is 0.00563. The van der Waals surface area contributed by atoms with Crippen LogP contribution in [0.2, 0.25) is 0 Å². The van der Waals surface area contributed by atoms with E-state index < -0.39 is 5.91 Å². The standard InChI is InChI=1S/C23H22N2O5S/c1-4-28-22(27)12-25-17-9-14(2)15(3)10-20(17)31-23(25)24-21(26)8-6-16-5-7-18-19(11-16)30-13-29-18/h5-11H,4,12-13H2,1-3H3/b8-6+,24-23?. The van der Waals surface area contributed by atoms with E-state index in [9.17, 15) is 9.59 Å². The number of benzene rings is 2. The van der Waals surface area contributed by atoms with Crippen LogP contribution in [0.5, 0.6) is 11.5 Å². The Balaban J connectivity index is 1.68. The SMILES string of the molecule is CCOC(=O)Cn1c(=NC(=O)/C=C/c2ccc3c(c2)OCO3)sc2cc(C)c(C)cc21. The predicted octanol–water partition coefficient (Wildman–Crippen LogP) is 3.75. The molecule has 0 bridgehead atoms.